The molecule has 0 spiro atoms. The normalized spacial score (nSPS) is 10.8. The molecule has 0 fully saturated rings. The number of hydrogen-bond donors (Lipinski definition) is 0. The van der Waals surface area contributed by atoms with Crippen molar-refractivity contribution in [1.29, 1.82) is 0 Å². The highest BCUT2D eigenvalue weighted by Crippen LogP contribution is 2.30. The third kappa shape index (κ3) is 4.89. The van der Waals surface area contributed by atoms with Crippen LogP contribution >= 0.6 is 23.2 Å². The Morgan fingerprint density at radius 3 is 2.42 bits per heavy atom. The molecule has 0 saturated heterocycles. The molecule has 0 unspecified atom stereocenters. The fraction of sp³-hybridized carbons (Fsp3) is 0.316. The predicted octanol–water partition coefficient (Wildman–Crippen LogP) is 5.32. The van der Waals surface area contributed by atoms with Crippen molar-refractivity contribution in [2.75, 3.05) is 13.7 Å². The Hall–Kier alpha value is -1.71. The Bertz CT molecular complexity index is 727. The van der Waals surface area contributed by atoms with Gasteiger partial charge in [0.15, 0.2) is 17.3 Å². The van der Waals surface area contributed by atoms with Gasteiger partial charge in [-0.1, -0.05) is 49.2 Å². The quantitative estimate of drug-likeness (QED) is 0.665. The molecule has 0 saturated carbocycles. The smallest absolute Gasteiger partial charge is 0.174 e. The Labute approximate surface area is 152 Å². The van der Waals surface area contributed by atoms with Gasteiger partial charge in [-0.25, -0.2) is 0 Å². The first-order valence-electron chi connectivity index (χ1n) is 7.67. The van der Waals surface area contributed by atoms with E-state index in [0.29, 0.717) is 27.5 Å². The number of carbonyl (C=O) groups is 1. The van der Waals surface area contributed by atoms with E-state index in [0.717, 1.165) is 11.1 Å². The Balaban J connectivity index is 1.99. The van der Waals surface area contributed by atoms with Gasteiger partial charge in [0.05, 0.1) is 17.2 Å². The van der Waals surface area contributed by atoms with Crippen molar-refractivity contribution in [3.63, 3.8) is 0 Å². The molecule has 3 nitrogen and oxygen atoms in total. The van der Waals surface area contributed by atoms with E-state index in [1.807, 2.05) is 18.2 Å². The largest absolute Gasteiger partial charge is 0.493 e. The SMILES string of the molecule is COc1cc(C(C)C)ccc1OCC(=O)Cc1ccc(Cl)c(Cl)c1. The summed E-state index contributed by atoms with van der Waals surface area (Å²) < 4.78 is 11.0. The summed E-state index contributed by atoms with van der Waals surface area (Å²) in [7, 11) is 1.59. The Kier molecular flexibility index (Phi) is 6.52. The zero-order chi connectivity index (χ0) is 17.7. The molecule has 2 aromatic rings. The molecule has 0 radical (unpaired) electrons. The first-order chi connectivity index (χ1) is 11.4. The molecule has 24 heavy (non-hydrogen) atoms. The van der Waals surface area contributed by atoms with E-state index in [1.54, 1.807) is 25.3 Å². The van der Waals surface area contributed by atoms with Crippen molar-refractivity contribution in [3.8, 4) is 11.5 Å². The molecule has 0 aliphatic carbocycles. The van der Waals surface area contributed by atoms with Gasteiger partial charge in [0.25, 0.3) is 0 Å². The summed E-state index contributed by atoms with van der Waals surface area (Å²) in [5.74, 6) is 1.53. The fourth-order valence-corrected chi connectivity index (χ4v) is 2.57. The maximum absolute atomic E-state index is 12.1. The molecule has 2 aromatic carbocycles. The standard InChI is InChI=1S/C19H20Cl2O3/c1-12(2)14-5-7-18(19(10-14)23-3)24-11-15(22)8-13-4-6-16(20)17(21)9-13/h4-7,9-10,12H,8,11H2,1-3H3. The lowest BCUT2D eigenvalue weighted by molar-refractivity contribution is -0.120. The molecule has 0 aliphatic rings. The highest BCUT2D eigenvalue weighted by molar-refractivity contribution is 6.42. The minimum atomic E-state index is -0.0524. The highest BCUT2D eigenvalue weighted by atomic mass is 35.5. The summed E-state index contributed by atoms with van der Waals surface area (Å²) >= 11 is 11.8. The van der Waals surface area contributed by atoms with Crippen molar-refractivity contribution < 1.29 is 14.3 Å². The second-order valence-electron chi connectivity index (χ2n) is 5.82. The number of methoxy groups -OCH3 is 1. The average molecular weight is 367 g/mol. The maximum atomic E-state index is 12.1. The summed E-state index contributed by atoms with van der Waals surface area (Å²) in [6.45, 7) is 4.18. The first-order valence-corrected chi connectivity index (χ1v) is 8.42. The van der Waals surface area contributed by atoms with E-state index < -0.39 is 0 Å². The van der Waals surface area contributed by atoms with Gasteiger partial charge in [-0.05, 0) is 41.3 Å². The molecule has 128 valence electrons. The number of Topliss-reactive ketones (excluding diaryl/α,β-unsaturated/α-hetero) is 1. The van der Waals surface area contributed by atoms with Gasteiger partial charge < -0.3 is 9.47 Å². The minimum Gasteiger partial charge on any atom is -0.493 e. The summed E-state index contributed by atoms with van der Waals surface area (Å²) in [5.41, 5.74) is 1.96. The van der Waals surface area contributed by atoms with Crippen molar-refractivity contribution in [2.45, 2.75) is 26.2 Å². The van der Waals surface area contributed by atoms with Crippen LogP contribution in [0.15, 0.2) is 36.4 Å². The molecule has 0 aromatic heterocycles. The van der Waals surface area contributed by atoms with E-state index >= 15 is 0 Å². The Morgan fingerprint density at radius 2 is 1.79 bits per heavy atom. The van der Waals surface area contributed by atoms with Crippen LogP contribution in [0, 0.1) is 0 Å². The van der Waals surface area contributed by atoms with E-state index in [2.05, 4.69) is 13.8 Å². The van der Waals surface area contributed by atoms with Crippen LogP contribution in [0.4, 0.5) is 0 Å². The van der Waals surface area contributed by atoms with Crippen LogP contribution in [0.25, 0.3) is 0 Å². The molecule has 0 amide bonds. The summed E-state index contributed by atoms with van der Waals surface area (Å²) in [6, 6.07) is 10.9. The number of carbonyl (C=O) groups excluding carboxylic acids is 1. The van der Waals surface area contributed by atoms with E-state index in [4.69, 9.17) is 32.7 Å². The molecule has 0 bridgehead atoms. The number of benzene rings is 2. The molecular formula is C19H20Cl2O3. The van der Waals surface area contributed by atoms with E-state index in [-0.39, 0.29) is 18.8 Å². The van der Waals surface area contributed by atoms with Gasteiger partial charge in [-0.2, -0.15) is 0 Å². The van der Waals surface area contributed by atoms with Crippen molar-refractivity contribution in [1.82, 2.24) is 0 Å². The highest BCUT2D eigenvalue weighted by Gasteiger charge is 2.11. The van der Waals surface area contributed by atoms with Crippen LogP contribution in [-0.4, -0.2) is 19.5 Å². The molecule has 0 N–H and O–H groups in total. The van der Waals surface area contributed by atoms with Gasteiger partial charge >= 0.3 is 0 Å². The first kappa shape index (κ1) is 18.6. The zero-order valence-electron chi connectivity index (χ0n) is 13.9. The number of rotatable bonds is 7. The minimum absolute atomic E-state index is 0.0301. The summed E-state index contributed by atoms with van der Waals surface area (Å²) in [5, 5.41) is 0.910. The van der Waals surface area contributed by atoms with Crippen molar-refractivity contribution >= 4 is 29.0 Å². The summed E-state index contributed by atoms with van der Waals surface area (Å²) in [4.78, 5) is 12.1. The third-order valence-corrected chi connectivity index (χ3v) is 4.37. The average Bonchev–Trinajstić information content (AvgIpc) is 2.56. The monoisotopic (exact) mass is 366 g/mol. The molecule has 5 heteroatoms. The van der Waals surface area contributed by atoms with Crippen molar-refractivity contribution in [3.05, 3.63) is 57.6 Å². The van der Waals surface area contributed by atoms with Crippen LogP contribution in [-0.2, 0) is 11.2 Å². The molecule has 0 aliphatic heterocycles. The van der Waals surface area contributed by atoms with Crippen LogP contribution in [0.1, 0.15) is 30.9 Å². The number of hydrogen-bond acceptors (Lipinski definition) is 3. The topological polar surface area (TPSA) is 35.5 Å². The van der Waals surface area contributed by atoms with Crippen LogP contribution in [0.2, 0.25) is 10.0 Å². The van der Waals surface area contributed by atoms with E-state index in [9.17, 15) is 4.79 Å². The summed E-state index contributed by atoms with van der Waals surface area (Å²) in [6.07, 6.45) is 0.239. The fourth-order valence-electron chi connectivity index (χ4n) is 2.25. The number of ketones is 1. The second kappa shape index (κ2) is 8.41. The van der Waals surface area contributed by atoms with Gasteiger partial charge in [-0.15, -0.1) is 0 Å². The third-order valence-electron chi connectivity index (χ3n) is 3.63. The second-order valence-corrected chi connectivity index (χ2v) is 6.63. The Morgan fingerprint density at radius 1 is 1.04 bits per heavy atom. The molecule has 0 heterocycles. The van der Waals surface area contributed by atoms with Gasteiger partial charge in [0.2, 0.25) is 0 Å². The van der Waals surface area contributed by atoms with Crippen LogP contribution < -0.4 is 9.47 Å². The molecule has 2 rings (SSSR count). The molecule has 0 atom stereocenters. The lowest BCUT2D eigenvalue weighted by Gasteiger charge is -2.13. The molecular weight excluding hydrogens is 347 g/mol. The number of ether oxygens (including phenoxy) is 2. The van der Waals surface area contributed by atoms with Crippen LogP contribution in [0.3, 0.4) is 0 Å². The van der Waals surface area contributed by atoms with Crippen molar-refractivity contribution in [2.24, 2.45) is 0 Å². The zero-order valence-corrected chi connectivity index (χ0v) is 15.4. The van der Waals surface area contributed by atoms with Gasteiger partial charge in [-0.3, -0.25) is 4.79 Å². The lowest BCUT2D eigenvalue weighted by Crippen LogP contribution is -2.14. The number of halogens is 2. The van der Waals surface area contributed by atoms with Gasteiger partial charge in [0, 0.05) is 6.42 Å². The van der Waals surface area contributed by atoms with E-state index in [1.165, 1.54) is 0 Å². The maximum Gasteiger partial charge on any atom is 0.174 e. The van der Waals surface area contributed by atoms with Crippen LogP contribution in [0.5, 0.6) is 11.5 Å². The van der Waals surface area contributed by atoms with Gasteiger partial charge in [0.1, 0.15) is 6.61 Å². The predicted molar refractivity (Wildman–Crippen MR) is 97.8 cm³/mol. The lowest BCUT2D eigenvalue weighted by atomic mass is 10.0.